The van der Waals surface area contributed by atoms with Crippen LogP contribution in [0.4, 0.5) is 10.8 Å². The van der Waals surface area contributed by atoms with Crippen LogP contribution in [0.5, 0.6) is 11.5 Å². The lowest BCUT2D eigenvalue weighted by Crippen LogP contribution is -2.32. The molecule has 0 bridgehead atoms. The maximum Gasteiger partial charge on any atom is 0.269 e. The van der Waals surface area contributed by atoms with E-state index in [1.165, 1.54) is 29.5 Å². The van der Waals surface area contributed by atoms with Crippen molar-refractivity contribution >= 4 is 56.8 Å². The van der Waals surface area contributed by atoms with Gasteiger partial charge in [-0.25, -0.2) is 4.98 Å². The van der Waals surface area contributed by atoms with Crippen LogP contribution in [0.2, 0.25) is 0 Å². The molecule has 0 N–H and O–H groups in total. The molecule has 0 saturated heterocycles. The molecule has 9 nitrogen and oxygen atoms in total. The molecule has 0 unspecified atom stereocenters. The predicted octanol–water partition coefficient (Wildman–Crippen LogP) is 4.64. The zero-order valence-corrected chi connectivity index (χ0v) is 21.0. The normalized spacial score (nSPS) is 11.0. The number of carbonyl (C=O) groups excluding carboxylic acids is 1. The number of benzene rings is 2. The Morgan fingerprint density at radius 1 is 1.12 bits per heavy atom. The lowest BCUT2D eigenvalue weighted by Gasteiger charge is -2.19. The average Bonchev–Trinajstić information content (AvgIpc) is 3.21. The first-order chi connectivity index (χ1) is 15.8. The number of anilines is 1. The Morgan fingerprint density at radius 3 is 2.35 bits per heavy atom. The number of ether oxygens (including phenoxy) is 2. The third-order valence-electron chi connectivity index (χ3n) is 4.89. The van der Waals surface area contributed by atoms with Gasteiger partial charge in [-0.3, -0.25) is 19.8 Å². The molecule has 0 aliphatic carbocycles. The van der Waals surface area contributed by atoms with Crippen LogP contribution in [-0.4, -0.2) is 62.1 Å². The van der Waals surface area contributed by atoms with Crippen LogP contribution >= 0.6 is 23.7 Å². The van der Waals surface area contributed by atoms with Gasteiger partial charge in [-0.15, -0.1) is 12.4 Å². The van der Waals surface area contributed by atoms with Crippen molar-refractivity contribution in [2.75, 3.05) is 46.3 Å². The van der Waals surface area contributed by atoms with Crippen molar-refractivity contribution in [3.8, 4) is 11.5 Å². The van der Waals surface area contributed by atoms with Gasteiger partial charge < -0.3 is 14.4 Å². The van der Waals surface area contributed by atoms with Gasteiger partial charge in [-0.1, -0.05) is 11.3 Å². The number of rotatable bonds is 10. The molecule has 3 aromatic rings. The minimum atomic E-state index is -0.456. The largest absolute Gasteiger partial charge is 0.493 e. The fourth-order valence-electron chi connectivity index (χ4n) is 3.17. The van der Waals surface area contributed by atoms with Crippen LogP contribution in [0.25, 0.3) is 16.3 Å². The first-order valence-corrected chi connectivity index (χ1v) is 11.1. The van der Waals surface area contributed by atoms with E-state index >= 15 is 0 Å². The maximum atomic E-state index is 13.1. The van der Waals surface area contributed by atoms with Crippen LogP contribution in [0.15, 0.2) is 42.5 Å². The van der Waals surface area contributed by atoms with Crippen molar-refractivity contribution in [1.82, 2.24) is 9.88 Å². The molecular formula is C23H27ClN4O5S. The van der Waals surface area contributed by atoms with E-state index in [1.54, 1.807) is 43.4 Å². The summed E-state index contributed by atoms with van der Waals surface area (Å²) in [7, 11) is 7.11. The summed E-state index contributed by atoms with van der Waals surface area (Å²) in [5, 5.41) is 11.4. The minimum absolute atomic E-state index is 0. The van der Waals surface area contributed by atoms with Gasteiger partial charge in [0.1, 0.15) is 0 Å². The van der Waals surface area contributed by atoms with Crippen molar-refractivity contribution in [2.45, 2.75) is 6.42 Å². The summed E-state index contributed by atoms with van der Waals surface area (Å²) in [6, 6.07) is 9.68. The van der Waals surface area contributed by atoms with E-state index in [9.17, 15) is 14.9 Å². The van der Waals surface area contributed by atoms with Gasteiger partial charge in [0.05, 0.1) is 29.4 Å². The zero-order chi connectivity index (χ0) is 24.0. The first kappa shape index (κ1) is 27.0. The molecule has 0 aliphatic heterocycles. The van der Waals surface area contributed by atoms with Gasteiger partial charge in [0.15, 0.2) is 16.6 Å². The molecule has 0 radical (unpaired) electrons. The third kappa shape index (κ3) is 6.66. The van der Waals surface area contributed by atoms with Gasteiger partial charge in [0.25, 0.3) is 11.6 Å². The predicted molar refractivity (Wildman–Crippen MR) is 138 cm³/mol. The SMILES string of the molecule is COc1cc2nc(N(CCCN(C)C)C(=O)C=Cc3ccc([N+](=O)[O-])cc3)sc2cc1OC.Cl. The van der Waals surface area contributed by atoms with E-state index in [4.69, 9.17) is 9.47 Å². The number of amides is 1. The lowest BCUT2D eigenvalue weighted by molar-refractivity contribution is -0.384. The fourth-order valence-corrected chi connectivity index (χ4v) is 4.18. The van der Waals surface area contributed by atoms with Crippen molar-refractivity contribution < 1.29 is 19.2 Å². The highest BCUT2D eigenvalue weighted by Gasteiger charge is 2.19. The highest BCUT2D eigenvalue weighted by atomic mass is 35.5. The van der Waals surface area contributed by atoms with Crippen LogP contribution < -0.4 is 14.4 Å². The monoisotopic (exact) mass is 506 g/mol. The molecular weight excluding hydrogens is 480 g/mol. The number of hydrogen-bond acceptors (Lipinski definition) is 8. The molecule has 1 aromatic heterocycles. The highest BCUT2D eigenvalue weighted by Crippen LogP contribution is 2.37. The van der Waals surface area contributed by atoms with E-state index in [0.29, 0.717) is 28.7 Å². The average molecular weight is 507 g/mol. The van der Waals surface area contributed by atoms with Crippen LogP contribution in [0.1, 0.15) is 12.0 Å². The van der Waals surface area contributed by atoms with Gasteiger partial charge in [-0.2, -0.15) is 0 Å². The molecule has 2 aromatic carbocycles. The van der Waals surface area contributed by atoms with Crippen molar-refractivity contribution in [1.29, 1.82) is 0 Å². The number of methoxy groups -OCH3 is 2. The van der Waals surface area contributed by atoms with E-state index in [1.807, 2.05) is 20.2 Å². The van der Waals surface area contributed by atoms with Crippen LogP contribution in [-0.2, 0) is 4.79 Å². The number of non-ortho nitro benzene ring substituents is 1. The number of nitrogens with zero attached hydrogens (tertiary/aromatic N) is 4. The molecule has 0 saturated carbocycles. The Morgan fingerprint density at radius 2 is 1.76 bits per heavy atom. The second-order valence-corrected chi connectivity index (χ2v) is 8.51. The second-order valence-electron chi connectivity index (χ2n) is 7.50. The fraction of sp³-hybridized carbons (Fsp3) is 0.304. The Balaban J connectivity index is 0.00000408. The summed E-state index contributed by atoms with van der Waals surface area (Å²) < 4.78 is 11.6. The standard InChI is InChI=1S/C23H26N4O5S.ClH/c1-25(2)12-5-13-26(22(28)11-8-16-6-9-17(10-7-16)27(29)30)23-24-18-14-19(31-3)20(32-4)15-21(18)33-23;/h6-11,14-15H,5,12-13H2,1-4H3;1H. The smallest absolute Gasteiger partial charge is 0.269 e. The topological polar surface area (TPSA) is 98.0 Å². The number of nitro groups is 1. The van der Waals surface area contributed by atoms with E-state index in [0.717, 1.165) is 23.2 Å². The zero-order valence-electron chi connectivity index (χ0n) is 19.4. The Labute approximate surface area is 208 Å². The number of thiazole rings is 1. The third-order valence-corrected chi connectivity index (χ3v) is 5.93. The van der Waals surface area contributed by atoms with Crippen molar-refractivity contribution in [3.63, 3.8) is 0 Å². The Kier molecular flexibility index (Phi) is 9.79. The summed E-state index contributed by atoms with van der Waals surface area (Å²) >= 11 is 1.40. The van der Waals surface area contributed by atoms with Gasteiger partial charge in [0.2, 0.25) is 0 Å². The lowest BCUT2D eigenvalue weighted by atomic mass is 10.2. The maximum absolute atomic E-state index is 13.1. The number of carbonyl (C=O) groups is 1. The van der Waals surface area contributed by atoms with Gasteiger partial charge in [-0.05, 0) is 50.8 Å². The molecule has 34 heavy (non-hydrogen) atoms. The summed E-state index contributed by atoms with van der Waals surface area (Å²) in [4.78, 5) is 31.9. The highest BCUT2D eigenvalue weighted by molar-refractivity contribution is 7.22. The first-order valence-electron chi connectivity index (χ1n) is 10.2. The molecule has 0 aliphatic rings. The number of fused-ring (bicyclic) bond motifs is 1. The summed E-state index contributed by atoms with van der Waals surface area (Å²) in [5.74, 6) is 0.958. The van der Waals surface area contributed by atoms with E-state index in [-0.39, 0.29) is 24.0 Å². The summed E-state index contributed by atoms with van der Waals surface area (Å²) in [5.41, 5.74) is 1.42. The number of nitro benzene ring substituents is 1. The minimum Gasteiger partial charge on any atom is -0.493 e. The number of aromatic nitrogens is 1. The summed E-state index contributed by atoms with van der Waals surface area (Å²) in [6.45, 7) is 1.32. The molecule has 1 amide bonds. The summed E-state index contributed by atoms with van der Waals surface area (Å²) in [6.07, 6.45) is 3.88. The molecule has 0 atom stereocenters. The molecule has 0 fully saturated rings. The number of hydrogen-bond donors (Lipinski definition) is 0. The van der Waals surface area contributed by atoms with Gasteiger partial charge in [0, 0.05) is 36.9 Å². The van der Waals surface area contributed by atoms with Crippen molar-refractivity contribution in [2.24, 2.45) is 0 Å². The van der Waals surface area contributed by atoms with E-state index in [2.05, 4.69) is 9.88 Å². The second kappa shape index (κ2) is 12.3. The molecule has 1 heterocycles. The van der Waals surface area contributed by atoms with E-state index < -0.39 is 4.92 Å². The molecule has 182 valence electrons. The Bertz CT molecular complexity index is 1120. The van der Waals surface area contributed by atoms with Crippen molar-refractivity contribution in [3.05, 3.63) is 58.2 Å². The molecule has 11 heteroatoms. The van der Waals surface area contributed by atoms with Crippen LogP contribution in [0.3, 0.4) is 0 Å². The number of halogens is 1. The van der Waals surface area contributed by atoms with Gasteiger partial charge >= 0.3 is 0 Å². The van der Waals surface area contributed by atoms with Crippen LogP contribution in [0, 0.1) is 10.1 Å². The molecule has 0 spiro atoms. The Hall–Kier alpha value is -3.21. The molecule has 3 rings (SSSR count). The quantitative estimate of drug-likeness (QED) is 0.224.